The molecule has 0 bridgehead atoms. The van der Waals surface area contributed by atoms with Crippen molar-refractivity contribution in [3.63, 3.8) is 0 Å². The molecule has 5 heteroatoms. The predicted octanol–water partition coefficient (Wildman–Crippen LogP) is 6.07. The Kier molecular flexibility index (Phi) is 7.58. The summed E-state index contributed by atoms with van der Waals surface area (Å²) in [5.41, 5.74) is 0.128. The van der Waals surface area contributed by atoms with Gasteiger partial charge in [0.15, 0.2) is 6.29 Å². The van der Waals surface area contributed by atoms with E-state index in [4.69, 9.17) is 9.47 Å². The summed E-state index contributed by atoms with van der Waals surface area (Å²) in [5, 5.41) is 0. The van der Waals surface area contributed by atoms with E-state index in [1.807, 2.05) is 0 Å². The molecule has 0 aromatic heterocycles. The van der Waals surface area contributed by atoms with Crippen molar-refractivity contribution in [1.82, 2.24) is 0 Å². The normalized spacial score (nSPS) is 28.1. The topological polar surface area (TPSA) is 18.5 Å². The summed E-state index contributed by atoms with van der Waals surface area (Å²) in [5.74, 6) is 4.93. The summed E-state index contributed by atoms with van der Waals surface area (Å²) in [6.07, 6.45) is 6.80. The molecule has 152 valence electrons. The second kappa shape index (κ2) is 10.1. The van der Waals surface area contributed by atoms with Crippen LogP contribution in [-0.2, 0) is 9.47 Å². The molecule has 28 heavy (non-hydrogen) atoms. The first-order valence-electron chi connectivity index (χ1n) is 10.1. The van der Waals surface area contributed by atoms with Crippen molar-refractivity contribution in [1.29, 1.82) is 0 Å². The van der Waals surface area contributed by atoms with Gasteiger partial charge in [0, 0.05) is 17.4 Å². The Labute approximate surface area is 165 Å². The molecule has 1 saturated heterocycles. The van der Waals surface area contributed by atoms with Gasteiger partial charge in [-0.1, -0.05) is 31.3 Å². The fourth-order valence-electron chi connectivity index (χ4n) is 3.89. The molecule has 1 saturated carbocycles. The van der Waals surface area contributed by atoms with Gasteiger partial charge in [0.05, 0.1) is 25.1 Å². The van der Waals surface area contributed by atoms with Gasteiger partial charge >= 0.3 is 0 Å². The maximum Gasteiger partial charge on any atom is 0.184 e. The van der Waals surface area contributed by atoms with Crippen LogP contribution in [0.15, 0.2) is 24.5 Å². The molecule has 1 aliphatic heterocycles. The zero-order chi connectivity index (χ0) is 19.9. The van der Waals surface area contributed by atoms with Crippen LogP contribution in [0.5, 0.6) is 0 Å². The van der Waals surface area contributed by atoms with E-state index in [0.717, 1.165) is 38.5 Å². The number of hydrogen-bond acceptors (Lipinski definition) is 2. The lowest BCUT2D eigenvalue weighted by Gasteiger charge is -2.29. The Balaban J connectivity index is 1.64. The fourth-order valence-corrected chi connectivity index (χ4v) is 3.89. The SMILES string of the molecule is CCC[C@H]1CO[C@H](c2cc(F)c(C#C[C@H]3CC[C@H](C=CF)CC3)c(F)c2)OC1. The van der Waals surface area contributed by atoms with E-state index in [2.05, 4.69) is 18.8 Å². The minimum absolute atomic E-state index is 0.0863. The molecule has 1 aromatic rings. The van der Waals surface area contributed by atoms with Crippen LogP contribution < -0.4 is 0 Å². The molecule has 1 heterocycles. The van der Waals surface area contributed by atoms with E-state index in [1.165, 1.54) is 12.1 Å². The number of hydrogen-bond donors (Lipinski definition) is 0. The monoisotopic (exact) mass is 392 g/mol. The van der Waals surface area contributed by atoms with Crippen molar-refractivity contribution in [3.05, 3.63) is 47.3 Å². The highest BCUT2D eigenvalue weighted by atomic mass is 19.1. The molecule has 0 atom stereocenters. The Morgan fingerprint density at radius 3 is 2.29 bits per heavy atom. The molecule has 0 spiro atoms. The molecule has 3 rings (SSSR count). The average Bonchev–Trinajstić information content (AvgIpc) is 2.69. The van der Waals surface area contributed by atoms with Gasteiger partial charge in [-0.3, -0.25) is 0 Å². The van der Waals surface area contributed by atoms with Gasteiger partial charge in [0.2, 0.25) is 0 Å². The fraction of sp³-hybridized carbons (Fsp3) is 0.565. The maximum atomic E-state index is 14.5. The highest BCUT2D eigenvalue weighted by Crippen LogP contribution is 2.31. The van der Waals surface area contributed by atoms with Crippen LogP contribution in [0.25, 0.3) is 0 Å². The molecule has 1 aliphatic carbocycles. The van der Waals surface area contributed by atoms with E-state index in [0.29, 0.717) is 31.0 Å². The van der Waals surface area contributed by atoms with Gasteiger partial charge in [-0.15, -0.1) is 0 Å². The number of halogens is 3. The second-order valence-corrected chi connectivity index (χ2v) is 7.71. The third kappa shape index (κ3) is 5.40. The highest BCUT2D eigenvalue weighted by molar-refractivity contribution is 5.40. The number of benzene rings is 1. The molecular formula is C23H27F3O2. The van der Waals surface area contributed by atoms with Gasteiger partial charge in [-0.05, 0) is 50.2 Å². The summed E-state index contributed by atoms with van der Waals surface area (Å²) in [4.78, 5) is 0. The van der Waals surface area contributed by atoms with E-state index in [9.17, 15) is 13.2 Å². The van der Waals surface area contributed by atoms with Crippen LogP contribution in [0, 0.1) is 41.2 Å². The van der Waals surface area contributed by atoms with Crippen molar-refractivity contribution >= 4 is 0 Å². The smallest absolute Gasteiger partial charge is 0.184 e. The van der Waals surface area contributed by atoms with Crippen LogP contribution in [0.4, 0.5) is 13.2 Å². The Morgan fingerprint density at radius 1 is 1.07 bits per heavy atom. The Bertz CT molecular complexity index is 711. The standard InChI is InChI=1S/C23H27F3O2/c1-2-3-18-14-27-23(28-15-18)19-12-21(25)20(22(26)13-19)9-8-16-4-6-17(7-5-16)10-11-24/h10-13,16-18,23H,2-7,14-15H2,1H3/t16-,17-,18-,23-. The minimum atomic E-state index is -0.738. The highest BCUT2D eigenvalue weighted by Gasteiger charge is 2.25. The van der Waals surface area contributed by atoms with E-state index >= 15 is 0 Å². The zero-order valence-corrected chi connectivity index (χ0v) is 16.2. The van der Waals surface area contributed by atoms with E-state index in [1.54, 1.807) is 6.08 Å². The van der Waals surface area contributed by atoms with Gasteiger partial charge in [0.1, 0.15) is 11.6 Å². The van der Waals surface area contributed by atoms with Crippen molar-refractivity contribution in [2.24, 2.45) is 17.8 Å². The quantitative estimate of drug-likeness (QED) is 0.579. The largest absolute Gasteiger partial charge is 0.348 e. The third-order valence-corrected chi connectivity index (χ3v) is 5.52. The van der Waals surface area contributed by atoms with Gasteiger partial charge < -0.3 is 9.47 Å². The van der Waals surface area contributed by atoms with Crippen molar-refractivity contribution in [2.45, 2.75) is 51.7 Å². The third-order valence-electron chi connectivity index (χ3n) is 5.52. The van der Waals surface area contributed by atoms with Crippen LogP contribution in [0.1, 0.15) is 62.9 Å². The molecule has 0 N–H and O–H groups in total. The number of allylic oxidation sites excluding steroid dienone is 1. The first-order valence-corrected chi connectivity index (χ1v) is 10.1. The Morgan fingerprint density at radius 2 is 1.71 bits per heavy atom. The van der Waals surface area contributed by atoms with Gasteiger partial charge in [-0.25, -0.2) is 13.2 Å². The van der Waals surface area contributed by atoms with Crippen molar-refractivity contribution < 1.29 is 22.6 Å². The first kappa shape index (κ1) is 21.0. The predicted molar refractivity (Wildman–Crippen MR) is 102 cm³/mol. The molecule has 1 aromatic carbocycles. The molecule has 2 nitrogen and oxygen atoms in total. The molecule has 2 aliphatic rings. The number of ether oxygens (including phenoxy) is 2. The lowest BCUT2D eigenvalue weighted by Crippen LogP contribution is -2.27. The molecule has 0 radical (unpaired) electrons. The first-order chi connectivity index (χ1) is 13.6. The van der Waals surface area contributed by atoms with Crippen LogP contribution >= 0.6 is 0 Å². The summed E-state index contributed by atoms with van der Waals surface area (Å²) < 4.78 is 52.5. The Hall–Kier alpha value is -1.77. The molecule has 0 unspecified atom stereocenters. The average molecular weight is 392 g/mol. The van der Waals surface area contributed by atoms with E-state index in [-0.39, 0.29) is 17.4 Å². The summed E-state index contributed by atoms with van der Waals surface area (Å²) >= 11 is 0. The molecular weight excluding hydrogens is 365 g/mol. The lowest BCUT2D eigenvalue weighted by atomic mass is 9.82. The van der Waals surface area contributed by atoms with Gasteiger partial charge in [-0.2, -0.15) is 0 Å². The summed E-state index contributed by atoms with van der Waals surface area (Å²) in [6, 6.07) is 2.50. The lowest BCUT2D eigenvalue weighted by molar-refractivity contribution is -0.206. The second-order valence-electron chi connectivity index (χ2n) is 7.71. The molecule has 2 fully saturated rings. The summed E-state index contributed by atoms with van der Waals surface area (Å²) in [6.45, 7) is 3.16. The van der Waals surface area contributed by atoms with Crippen molar-refractivity contribution in [2.75, 3.05) is 13.2 Å². The zero-order valence-electron chi connectivity index (χ0n) is 16.2. The van der Waals surface area contributed by atoms with Gasteiger partial charge in [0.25, 0.3) is 0 Å². The van der Waals surface area contributed by atoms with Crippen LogP contribution in [0.2, 0.25) is 0 Å². The number of rotatable bonds is 4. The summed E-state index contributed by atoms with van der Waals surface area (Å²) in [7, 11) is 0. The molecule has 0 amide bonds. The van der Waals surface area contributed by atoms with Crippen LogP contribution in [-0.4, -0.2) is 13.2 Å². The van der Waals surface area contributed by atoms with Crippen molar-refractivity contribution in [3.8, 4) is 11.8 Å². The maximum absolute atomic E-state index is 14.5. The van der Waals surface area contributed by atoms with E-state index < -0.39 is 17.9 Å². The minimum Gasteiger partial charge on any atom is -0.348 e. The van der Waals surface area contributed by atoms with Crippen LogP contribution in [0.3, 0.4) is 0 Å².